The van der Waals surface area contributed by atoms with Crippen molar-refractivity contribution in [3.63, 3.8) is 0 Å². The summed E-state index contributed by atoms with van der Waals surface area (Å²) in [6.07, 6.45) is 5.05. The predicted octanol–water partition coefficient (Wildman–Crippen LogP) is 5.49. The minimum atomic E-state index is -1.50. The van der Waals surface area contributed by atoms with Crippen LogP contribution in [-0.4, -0.2) is 39.2 Å². The van der Waals surface area contributed by atoms with E-state index in [1.165, 1.54) is 5.56 Å². The fourth-order valence-corrected chi connectivity index (χ4v) is 4.17. The molecule has 1 fully saturated rings. The van der Waals surface area contributed by atoms with Gasteiger partial charge in [-0.25, -0.2) is 4.98 Å². The molecule has 2 aromatic carbocycles. The van der Waals surface area contributed by atoms with Gasteiger partial charge < -0.3 is 24.0 Å². The Morgan fingerprint density at radius 1 is 1.26 bits per heavy atom. The number of nitrogens with zero attached hydrogens (tertiary/aromatic N) is 3. The Balaban J connectivity index is 0.000000795. The van der Waals surface area contributed by atoms with E-state index in [0.29, 0.717) is 29.8 Å². The quantitative estimate of drug-likeness (QED) is 0.336. The SMILES string of the molecule is CC(C)(C)c1ccc(OCC2COC(Cn3ccnc3)(c3ccc(Cl)cc3Cl)O2)cc1.O=[N+]([O-])O. The number of halogens is 2. The van der Waals surface area contributed by atoms with E-state index in [0.717, 1.165) is 11.3 Å². The highest BCUT2D eigenvalue weighted by atomic mass is 35.5. The van der Waals surface area contributed by atoms with Crippen LogP contribution < -0.4 is 4.74 Å². The van der Waals surface area contributed by atoms with Gasteiger partial charge in [0.2, 0.25) is 5.79 Å². The van der Waals surface area contributed by atoms with E-state index in [1.807, 2.05) is 29.0 Å². The Morgan fingerprint density at radius 2 is 1.94 bits per heavy atom. The molecule has 0 saturated carbocycles. The Kier molecular flexibility index (Phi) is 8.60. The number of hydrogen-bond donors (Lipinski definition) is 1. The van der Waals surface area contributed by atoms with Crippen LogP contribution in [0.15, 0.2) is 61.2 Å². The first-order valence-corrected chi connectivity index (χ1v) is 11.5. The summed E-state index contributed by atoms with van der Waals surface area (Å²) in [6.45, 7) is 7.72. The average Bonchev–Trinajstić information content (AvgIpc) is 3.42. The number of imidazole rings is 1. The lowest BCUT2D eigenvalue weighted by Gasteiger charge is -2.30. The first-order chi connectivity index (χ1) is 16.5. The zero-order valence-corrected chi connectivity index (χ0v) is 21.1. The molecule has 0 aliphatic carbocycles. The molecule has 11 heteroatoms. The summed E-state index contributed by atoms with van der Waals surface area (Å²) in [4.78, 5) is 12.5. The van der Waals surface area contributed by atoms with Crippen molar-refractivity contribution in [2.75, 3.05) is 13.2 Å². The third-order valence-electron chi connectivity index (χ3n) is 5.31. The second kappa shape index (κ2) is 11.3. The highest BCUT2D eigenvalue weighted by molar-refractivity contribution is 6.35. The topological polar surface area (TPSA) is 109 Å². The van der Waals surface area contributed by atoms with Gasteiger partial charge >= 0.3 is 0 Å². The Hall–Kier alpha value is -2.85. The molecule has 0 amide bonds. The van der Waals surface area contributed by atoms with Crippen molar-refractivity contribution in [3.05, 3.63) is 92.5 Å². The van der Waals surface area contributed by atoms with Gasteiger partial charge in [-0.1, -0.05) is 62.2 Å². The van der Waals surface area contributed by atoms with Crippen molar-refractivity contribution in [2.24, 2.45) is 0 Å². The zero-order chi connectivity index (χ0) is 25.6. The summed E-state index contributed by atoms with van der Waals surface area (Å²) in [5, 5.41) is 14.7. The van der Waals surface area contributed by atoms with E-state index < -0.39 is 10.9 Å². The first-order valence-electron chi connectivity index (χ1n) is 10.8. The van der Waals surface area contributed by atoms with Crippen molar-refractivity contribution in [1.82, 2.24) is 9.55 Å². The van der Waals surface area contributed by atoms with Crippen molar-refractivity contribution in [2.45, 2.75) is 44.6 Å². The number of ether oxygens (including phenoxy) is 3. The molecule has 35 heavy (non-hydrogen) atoms. The maximum absolute atomic E-state index is 8.36. The van der Waals surface area contributed by atoms with Crippen LogP contribution in [0, 0.1) is 10.1 Å². The maximum atomic E-state index is 8.36. The van der Waals surface area contributed by atoms with E-state index >= 15 is 0 Å². The van der Waals surface area contributed by atoms with Gasteiger partial charge in [0.05, 0.1) is 24.5 Å². The average molecular weight is 524 g/mol. The molecule has 0 radical (unpaired) electrons. The van der Waals surface area contributed by atoms with E-state index in [9.17, 15) is 0 Å². The van der Waals surface area contributed by atoms with Crippen LogP contribution >= 0.6 is 23.2 Å². The molecule has 4 rings (SSSR count). The fraction of sp³-hybridized carbons (Fsp3) is 0.375. The summed E-state index contributed by atoms with van der Waals surface area (Å²) in [5.41, 5.74) is 2.09. The second-order valence-electron chi connectivity index (χ2n) is 8.99. The van der Waals surface area contributed by atoms with E-state index in [-0.39, 0.29) is 11.5 Å². The lowest BCUT2D eigenvalue weighted by molar-refractivity contribution is -0.742. The summed E-state index contributed by atoms with van der Waals surface area (Å²) >= 11 is 12.6. The zero-order valence-electron chi connectivity index (χ0n) is 19.6. The first kappa shape index (κ1) is 26.7. The monoisotopic (exact) mass is 523 g/mol. The van der Waals surface area contributed by atoms with Gasteiger partial charge in [-0.2, -0.15) is 0 Å². The molecular formula is C24H27Cl2N3O6. The molecular weight excluding hydrogens is 497 g/mol. The van der Waals surface area contributed by atoms with Crippen molar-refractivity contribution < 1.29 is 24.5 Å². The fourth-order valence-electron chi connectivity index (χ4n) is 3.62. The van der Waals surface area contributed by atoms with Gasteiger partial charge in [0, 0.05) is 23.0 Å². The van der Waals surface area contributed by atoms with Crippen molar-refractivity contribution in [3.8, 4) is 5.75 Å². The number of rotatable bonds is 6. The molecule has 0 bridgehead atoms. The highest BCUT2D eigenvalue weighted by Crippen LogP contribution is 2.40. The number of hydrogen-bond acceptors (Lipinski definition) is 6. The van der Waals surface area contributed by atoms with Crippen LogP contribution in [0.3, 0.4) is 0 Å². The van der Waals surface area contributed by atoms with Crippen LogP contribution in [0.4, 0.5) is 0 Å². The van der Waals surface area contributed by atoms with E-state index in [2.05, 4.69) is 37.9 Å². The van der Waals surface area contributed by atoms with Crippen LogP contribution in [0.1, 0.15) is 31.9 Å². The van der Waals surface area contributed by atoms with Gasteiger partial charge in [0.1, 0.15) is 18.5 Å². The minimum absolute atomic E-state index is 0.103. The molecule has 1 aliphatic rings. The summed E-state index contributed by atoms with van der Waals surface area (Å²) in [7, 11) is 0. The van der Waals surface area contributed by atoms with Gasteiger partial charge in [0.25, 0.3) is 5.09 Å². The Bertz CT molecular complexity index is 1120. The van der Waals surface area contributed by atoms with Gasteiger partial charge in [0.15, 0.2) is 0 Å². The standard InChI is InChI=1S/C24H26Cl2N2O3.HNO3/c1-23(2,3)17-4-7-19(8-5-17)29-13-20-14-30-24(31-20,15-28-11-10-27-16-28)21-9-6-18(25)12-22(21)26;2-1(3)4/h4-12,16,20H,13-15H2,1-3H3;(H,2,3,4). The van der Waals surface area contributed by atoms with Crippen molar-refractivity contribution in [1.29, 1.82) is 0 Å². The van der Waals surface area contributed by atoms with Crippen LogP contribution in [0.25, 0.3) is 0 Å². The van der Waals surface area contributed by atoms with Gasteiger partial charge in [-0.3, -0.25) is 0 Å². The third-order valence-corrected chi connectivity index (χ3v) is 5.85. The molecule has 2 unspecified atom stereocenters. The normalized spacial score (nSPS) is 19.6. The summed E-state index contributed by atoms with van der Waals surface area (Å²) < 4.78 is 20.5. The summed E-state index contributed by atoms with van der Waals surface area (Å²) in [5.74, 6) is -0.250. The minimum Gasteiger partial charge on any atom is -0.491 e. The van der Waals surface area contributed by atoms with Crippen LogP contribution in [0.2, 0.25) is 10.0 Å². The second-order valence-corrected chi connectivity index (χ2v) is 9.83. The highest BCUT2D eigenvalue weighted by Gasteiger charge is 2.45. The molecule has 9 nitrogen and oxygen atoms in total. The lowest BCUT2D eigenvalue weighted by Crippen LogP contribution is -2.34. The Labute approximate surface area is 213 Å². The van der Waals surface area contributed by atoms with Gasteiger partial charge in [-0.05, 0) is 35.2 Å². The molecule has 2 atom stereocenters. The molecule has 2 heterocycles. The Morgan fingerprint density at radius 3 is 2.51 bits per heavy atom. The number of benzene rings is 2. The molecule has 188 valence electrons. The molecule has 1 aliphatic heterocycles. The molecule has 3 aromatic rings. The number of aromatic nitrogens is 2. The molecule has 0 spiro atoms. The summed E-state index contributed by atoms with van der Waals surface area (Å²) in [6, 6.07) is 13.5. The molecule has 1 aromatic heterocycles. The van der Waals surface area contributed by atoms with Crippen LogP contribution in [-0.2, 0) is 27.2 Å². The van der Waals surface area contributed by atoms with Gasteiger partial charge in [-0.15, -0.1) is 10.1 Å². The maximum Gasteiger partial charge on any atom is 0.291 e. The van der Waals surface area contributed by atoms with Crippen LogP contribution in [0.5, 0.6) is 5.75 Å². The lowest BCUT2D eigenvalue weighted by atomic mass is 9.87. The molecule has 1 N–H and O–H groups in total. The smallest absolute Gasteiger partial charge is 0.291 e. The predicted molar refractivity (Wildman–Crippen MR) is 131 cm³/mol. The van der Waals surface area contributed by atoms with E-state index in [4.69, 9.17) is 52.7 Å². The molecule has 1 saturated heterocycles. The van der Waals surface area contributed by atoms with E-state index in [1.54, 1.807) is 24.7 Å². The third kappa shape index (κ3) is 7.32. The largest absolute Gasteiger partial charge is 0.491 e. The van der Waals surface area contributed by atoms with Crippen molar-refractivity contribution >= 4 is 23.2 Å².